The van der Waals surface area contributed by atoms with Crippen molar-refractivity contribution in [1.82, 2.24) is 10.2 Å². The second-order valence-electron chi connectivity index (χ2n) is 10.4. The Labute approximate surface area is 174 Å². The number of anilines is 1. The number of carbonyl (C=O) groups excluding carboxylic acids is 1. The quantitative estimate of drug-likeness (QED) is 0.787. The van der Waals surface area contributed by atoms with Crippen molar-refractivity contribution in [2.24, 2.45) is 5.41 Å². The van der Waals surface area contributed by atoms with Gasteiger partial charge in [0, 0.05) is 43.8 Å². The van der Waals surface area contributed by atoms with Crippen LogP contribution in [0.15, 0.2) is 24.3 Å². The molecule has 6 heteroatoms. The van der Waals surface area contributed by atoms with Crippen molar-refractivity contribution in [3.63, 3.8) is 0 Å². The SMILES string of the molecule is CC(C)(C)CC(C)(C)N1CCC2(CC1)NC(=O)[C@@H](CCO)N2c1cccc(F)c1. The molecule has 1 spiro atoms. The molecule has 162 valence electrons. The molecule has 1 atom stereocenters. The molecule has 0 aliphatic carbocycles. The fourth-order valence-electron chi connectivity index (χ4n) is 5.48. The molecule has 5 nitrogen and oxygen atoms in total. The van der Waals surface area contributed by atoms with Crippen molar-refractivity contribution in [2.45, 2.75) is 77.5 Å². The Balaban J connectivity index is 1.85. The number of aliphatic hydroxyl groups is 1. The number of piperidine rings is 1. The van der Waals surface area contributed by atoms with Crippen molar-refractivity contribution < 1.29 is 14.3 Å². The van der Waals surface area contributed by atoms with Gasteiger partial charge >= 0.3 is 0 Å². The van der Waals surface area contributed by atoms with E-state index in [1.165, 1.54) is 12.1 Å². The number of nitrogens with zero attached hydrogens (tertiary/aromatic N) is 2. The summed E-state index contributed by atoms with van der Waals surface area (Å²) in [7, 11) is 0. The van der Waals surface area contributed by atoms with Crippen molar-refractivity contribution in [2.75, 3.05) is 24.6 Å². The first kappa shape index (κ1) is 22.0. The van der Waals surface area contributed by atoms with Gasteiger partial charge in [0.25, 0.3) is 0 Å². The third kappa shape index (κ3) is 4.58. The number of likely N-dealkylation sites (tertiary alicyclic amines) is 1. The third-order valence-corrected chi connectivity index (χ3v) is 6.33. The Morgan fingerprint density at radius 3 is 2.41 bits per heavy atom. The van der Waals surface area contributed by atoms with Crippen molar-refractivity contribution >= 4 is 11.6 Å². The number of hydrogen-bond donors (Lipinski definition) is 2. The molecule has 2 heterocycles. The molecule has 0 bridgehead atoms. The van der Waals surface area contributed by atoms with Crippen LogP contribution < -0.4 is 10.2 Å². The lowest BCUT2D eigenvalue weighted by atomic mass is 9.79. The van der Waals surface area contributed by atoms with Crippen LogP contribution in [-0.4, -0.2) is 52.9 Å². The molecule has 2 N–H and O–H groups in total. The van der Waals surface area contributed by atoms with E-state index >= 15 is 0 Å². The summed E-state index contributed by atoms with van der Waals surface area (Å²) in [5.74, 6) is -0.394. The highest BCUT2D eigenvalue weighted by Gasteiger charge is 2.53. The van der Waals surface area contributed by atoms with Gasteiger partial charge in [-0.25, -0.2) is 4.39 Å². The molecule has 2 saturated heterocycles. The Bertz CT molecular complexity index is 736. The van der Waals surface area contributed by atoms with Crippen LogP contribution >= 0.6 is 0 Å². The number of aliphatic hydroxyl groups excluding tert-OH is 1. The van der Waals surface area contributed by atoms with Gasteiger partial charge in [-0.05, 0) is 50.3 Å². The van der Waals surface area contributed by atoms with Crippen molar-refractivity contribution in [3.8, 4) is 0 Å². The highest BCUT2D eigenvalue weighted by Crippen LogP contribution is 2.41. The molecule has 1 amide bonds. The summed E-state index contributed by atoms with van der Waals surface area (Å²) >= 11 is 0. The lowest BCUT2D eigenvalue weighted by Gasteiger charge is -2.51. The smallest absolute Gasteiger partial charge is 0.244 e. The summed E-state index contributed by atoms with van der Waals surface area (Å²) in [6.07, 6.45) is 2.96. The third-order valence-electron chi connectivity index (χ3n) is 6.33. The maximum atomic E-state index is 14.0. The van der Waals surface area contributed by atoms with Gasteiger partial charge in [-0.1, -0.05) is 26.8 Å². The summed E-state index contributed by atoms with van der Waals surface area (Å²) in [5, 5.41) is 12.7. The van der Waals surface area contributed by atoms with Gasteiger partial charge in [0.2, 0.25) is 5.91 Å². The van der Waals surface area contributed by atoms with Crippen LogP contribution in [0.1, 0.15) is 60.3 Å². The van der Waals surface area contributed by atoms with Crippen molar-refractivity contribution in [1.29, 1.82) is 0 Å². The second kappa shape index (κ2) is 7.88. The van der Waals surface area contributed by atoms with E-state index in [-0.39, 0.29) is 29.3 Å². The molecule has 2 fully saturated rings. The summed E-state index contributed by atoms with van der Waals surface area (Å²) in [6, 6.07) is 5.96. The minimum absolute atomic E-state index is 0.0661. The highest BCUT2D eigenvalue weighted by molar-refractivity contribution is 5.90. The Hall–Kier alpha value is -1.66. The van der Waals surface area contributed by atoms with E-state index in [2.05, 4.69) is 44.8 Å². The normalized spacial score (nSPS) is 22.9. The summed E-state index contributed by atoms with van der Waals surface area (Å²) in [5.41, 5.74) is 0.472. The molecule has 0 aromatic heterocycles. The molecule has 0 radical (unpaired) electrons. The zero-order valence-corrected chi connectivity index (χ0v) is 18.5. The average Bonchev–Trinajstić information content (AvgIpc) is 2.85. The Morgan fingerprint density at radius 2 is 1.86 bits per heavy atom. The number of rotatable bonds is 5. The largest absolute Gasteiger partial charge is 0.396 e. The fourth-order valence-corrected chi connectivity index (χ4v) is 5.48. The van der Waals surface area contributed by atoms with Crippen LogP contribution in [0.2, 0.25) is 0 Å². The number of carbonyl (C=O) groups is 1. The molecule has 29 heavy (non-hydrogen) atoms. The number of benzene rings is 1. The topological polar surface area (TPSA) is 55.8 Å². The van der Waals surface area contributed by atoms with E-state index in [0.29, 0.717) is 12.1 Å². The highest BCUT2D eigenvalue weighted by atomic mass is 19.1. The minimum Gasteiger partial charge on any atom is -0.396 e. The fraction of sp³-hybridized carbons (Fsp3) is 0.696. The van der Waals surface area contributed by atoms with Gasteiger partial charge < -0.3 is 15.3 Å². The standard InChI is InChI=1S/C23H36FN3O2/c1-21(2,3)16-22(4,5)26-12-10-23(11-13-26)25-20(29)19(9-14-28)27(23)18-8-6-7-17(24)15-18/h6-8,15,19,28H,9-14,16H2,1-5H3,(H,25,29)/t19-/m1/s1. The zero-order chi connectivity index (χ0) is 21.4. The van der Waals surface area contributed by atoms with E-state index in [4.69, 9.17) is 0 Å². The molecule has 0 unspecified atom stereocenters. The van der Waals surface area contributed by atoms with Crippen LogP contribution in [0.3, 0.4) is 0 Å². The van der Waals surface area contributed by atoms with Crippen LogP contribution in [0.25, 0.3) is 0 Å². The number of hydrogen-bond acceptors (Lipinski definition) is 4. The van der Waals surface area contributed by atoms with E-state index in [1.807, 2.05) is 11.0 Å². The predicted octanol–water partition coefficient (Wildman–Crippen LogP) is 3.52. The summed E-state index contributed by atoms with van der Waals surface area (Å²) < 4.78 is 14.0. The van der Waals surface area contributed by atoms with Crippen molar-refractivity contribution in [3.05, 3.63) is 30.1 Å². The average molecular weight is 406 g/mol. The maximum Gasteiger partial charge on any atom is 0.244 e. The number of nitrogens with one attached hydrogen (secondary N) is 1. The lowest BCUT2D eigenvalue weighted by Crippen LogP contribution is -2.62. The van der Waals surface area contributed by atoms with E-state index in [0.717, 1.165) is 32.4 Å². The number of amides is 1. The Kier molecular flexibility index (Phi) is 5.98. The van der Waals surface area contributed by atoms with Gasteiger partial charge in [-0.3, -0.25) is 9.69 Å². The minimum atomic E-state index is -0.529. The lowest BCUT2D eigenvalue weighted by molar-refractivity contribution is -0.121. The van der Waals surface area contributed by atoms with Crippen LogP contribution in [0.5, 0.6) is 0 Å². The first-order chi connectivity index (χ1) is 13.5. The van der Waals surface area contributed by atoms with E-state index in [1.54, 1.807) is 6.07 Å². The summed E-state index contributed by atoms with van der Waals surface area (Å²) in [6.45, 7) is 13.0. The second-order valence-corrected chi connectivity index (χ2v) is 10.4. The van der Waals surface area contributed by atoms with Crippen LogP contribution in [0, 0.1) is 11.2 Å². The summed E-state index contributed by atoms with van der Waals surface area (Å²) in [4.78, 5) is 17.3. The molecule has 3 rings (SSSR count). The molecule has 1 aromatic rings. The number of halogens is 1. The van der Waals surface area contributed by atoms with Gasteiger partial charge in [0.05, 0.1) is 0 Å². The monoisotopic (exact) mass is 405 g/mol. The van der Waals surface area contributed by atoms with Crippen LogP contribution in [-0.2, 0) is 4.79 Å². The predicted molar refractivity (Wildman–Crippen MR) is 114 cm³/mol. The zero-order valence-electron chi connectivity index (χ0n) is 18.5. The molecule has 2 aliphatic rings. The molecular formula is C23H36FN3O2. The van der Waals surface area contributed by atoms with Gasteiger partial charge in [-0.2, -0.15) is 0 Å². The first-order valence-corrected chi connectivity index (χ1v) is 10.7. The molecule has 2 aliphatic heterocycles. The first-order valence-electron chi connectivity index (χ1n) is 10.7. The molecule has 1 aromatic carbocycles. The van der Waals surface area contributed by atoms with Gasteiger partial charge in [0.1, 0.15) is 17.5 Å². The molecular weight excluding hydrogens is 369 g/mol. The van der Waals surface area contributed by atoms with Gasteiger partial charge in [-0.15, -0.1) is 0 Å². The van der Waals surface area contributed by atoms with Crippen LogP contribution in [0.4, 0.5) is 10.1 Å². The van der Waals surface area contributed by atoms with E-state index in [9.17, 15) is 14.3 Å². The van der Waals surface area contributed by atoms with Gasteiger partial charge in [0.15, 0.2) is 0 Å². The molecule has 0 saturated carbocycles. The van der Waals surface area contributed by atoms with E-state index < -0.39 is 11.7 Å². The maximum absolute atomic E-state index is 14.0. The Morgan fingerprint density at radius 1 is 1.21 bits per heavy atom.